The van der Waals surface area contributed by atoms with E-state index in [-0.39, 0.29) is 5.97 Å². The van der Waals surface area contributed by atoms with Crippen molar-refractivity contribution in [1.29, 1.82) is 0 Å². The minimum absolute atomic E-state index is 0.197. The maximum atomic E-state index is 12.0. The molecule has 102 valence electrons. The van der Waals surface area contributed by atoms with Gasteiger partial charge in [-0.05, 0) is 49.1 Å². The Kier molecular flexibility index (Phi) is 2.70. The Labute approximate surface area is 114 Å². The van der Waals surface area contributed by atoms with Gasteiger partial charge in [0, 0.05) is 6.20 Å². The van der Waals surface area contributed by atoms with E-state index in [1.54, 1.807) is 12.3 Å². The SMILES string of the molecule is CC(C)(C)C1CCC2(CC1)OC(=O)c1cccnc12. The maximum Gasteiger partial charge on any atom is 0.341 e. The second-order valence-electron chi connectivity index (χ2n) is 6.92. The maximum absolute atomic E-state index is 12.0. The first-order valence-corrected chi connectivity index (χ1v) is 7.11. The van der Waals surface area contributed by atoms with Crippen LogP contribution in [0.5, 0.6) is 0 Å². The number of aromatic nitrogens is 1. The zero-order valence-electron chi connectivity index (χ0n) is 11.9. The number of nitrogens with zero attached hydrogens (tertiary/aromatic N) is 1. The summed E-state index contributed by atoms with van der Waals surface area (Å²) in [6.07, 6.45) is 5.79. The van der Waals surface area contributed by atoms with Crippen molar-refractivity contribution < 1.29 is 9.53 Å². The third-order valence-electron chi connectivity index (χ3n) is 4.77. The van der Waals surface area contributed by atoms with E-state index in [2.05, 4.69) is 25.8 Å². The number of hydrogen-bond donors (Lipinski definition) is 0. The molecule has 0 radical (unpaired) electrons. The summed E-state index contributed by atoms with van der Waals surface area (Å²) >= 11 is 0. The molecule has 19 heavy (non-hydrogen) atoms. The van der Waals surface area contributed by atoms with E-state index in [0.29, 0.717) is 16.9 Å². The molecular weight excluding hydrogens is 238 g/mol. The topological polar surface area (TPSA) is 39.2 Å². The zero-order valence-corrected chi connectivity index (χ0v) is 11.9. The predicted octanol–water partition coefficient (Wildman–Crippen LogP) is 3.68. The summed E-state index contributed by atoms with van der Waals surface area (Å²) in [4.78, 5) is 16.4. The largest absolute Gasteiger partial charge is 0.449 e. The molecule has 1 aliphatic heterocycles. The van der Waals surface area contributed by atoms with Crippen molar-refractivity contribution in [3.05, 3.63) is 29.6 Å². The Morgan fingerprint density at radius 2 is 2.00 bits per heavy atom. The van der Waals surface area contributed by atoms with Gasteiger partial charge in [0.2, 0.25) is 0 Å². The molecule has 1 aromatic rings. The summed E-state index contributed by atoms with van der Waals surface area (Å²) in [6, 6.07) is 3.63. The molecule has 3 heteroatoms. The highest BCUT2D eigenvalue weighted by molar-refractivity contribution is 5.94. The number of carbonyl (C=O) groups excluding carboxylic acids is 1. The normalized spacial score (nSPS) is 30.3. The standard InChI is InChI=1S/C16H21NO2/c1-15(2,3)11-6-8-16(9-7-11)13-12(14(18)19-16)5-4-10-17-13/h4-5,10-11H,6-9H2,1-3H3. The minimum Gasteiger partial charge on any atom is -0.449 e. The van der Waals surface area contributed by atoms with E-state index in [0.717, 1.165) is 31.4 Å². The fourth-order valence-electron chi connectivity index (χ4n) is 3.50. The number of rotatable bonds is 0. The average Bonchev–Trinajstić information content (AvgIpc) is 2.63. The lowest BCUT2D eigenvalue weighted by atomic mass is 9.67. The molecule has 0 atom stereocenters. The quantitative estimate of drug-likeness (QED) is 0.667. The predicted molar refractivity (Wildman–Crippen MR) is 72.7 cm³/mol. The third-order valence-corrected chi connectivity index (χ3v) is 4.77. The van der Waals surface area contributed by atoms with Crippen LogP contribution in [0.4, 0.5) is 0 Å². The van der Waals surface area contributed by atoms with Gasteiger partial charge >= 0.3 is 5.97 Å². The molecule has 1 fully saturated rings. The molecule has 0 saturated heterocycles. The van der Waals surface area contributed by atoms with Crippen molar-refractivity contribution in [2.75, 3.05) is 0 Å². The van der Waals surface area contributed by atoms with Gasteiger partial charge in [-0.3, -0.25) is 4.98 Å². The lowest BCUT2D eigenvalue weighted by molar-refractivity contribution is -0.0472. The third kappa shape index (κ3) is 1.96. The van der Waals surface area contributed by atoms with Crippen LogP contribution in [-0.4, -0.2) is 11.0 Å². The highest BCUT2D eigenvalue weighted by Crippen LogP contribution is 2.50. The molecule has 0 amide bonds. The summed E-state index contributed by atoms with van der Waals surface area (Å²) < 4.78 is 5.72. The van der Waals surface area contributed by atoms with Crippen molar-refractivity contribution in [2.45, 2.75) is 52.1 Å². The Morgan fingerprint density at radius 3 is 2.63 bits per heavy atom. The van der Waals surface area contributed by atoms with Crippen molar-refractivity contribution in [2.24, 2.45) is 11.3 Å². The van der Waals surface area contributed by atoms with Gasteiger partial charge in [-0.1, -0.05) is 20.8 Å². The van der Waals surface area contributed by atoms with Crippen LogP contribution >= 0.6 is 0 Å². The first-order valence-electron chi connectivity index (χ1n) is 7.11. The van der Waals surface area contributed by atoms with Gasteiger partial charge in [0.15, 0.2) is 5.60 Å². The lowest BCUT2D eigenvalue weighted by Gasteiger charge is -2.41. The van der Waals surface area contributed by atoms with Crippen molar-refractivity contribution in [3.63, 3.8) is 0 Å². The molecule has 2 heterocycles. The van der Waals surface area contributed by atoms with Crippen molar-refractivity contribution in [1.82, 2.24) is 4.98 Å². The van der Waals surface area contributed by atoms with Crippen LogP contribution < -0.4 is 0 Å². The highest BCUT2D eigenvalue weighted by Gasteiger charge is 2.49. The molecule has 3 rings (SSSR count). The van der Waals surface area contributed by atoms with E-state index in [9.17, 15) is 4.79 Å². The van der Waals surface area contributed by atoms with Crippen LogP contribution in [0.15, 0.2) is 18.3 Å². The van der Waals surface area contributed by atoms with E-state index in [4.69, 9.17) is 4.74 Å². The molecule has 0 aromatic carbocycles. The molecule has 0 bridgehead atoms. The number of esters is 1. The summed E-state index contributed by atoms with van der Waals surface area (Å²) in [5.74, 6) is 0.502. The number of hydrogen-bond acceptors (Lipinski definition) is 3. The molecule has 1 aromatic heterocycles. The van der Waals surface area contributed by atoms with Crippen molar-refractivity contribution in [3.8, 4) is 0 Å². The molecular formula is C16H21NO2. The molecule has 0 N–H and O–H groups in total. The highest BCUT2D eigenvalue weighted by atomic mass is 16.6. The fraction of sp³-hybridized carbons (Fsp3) is 0.625. The monoisotopic (exact) mass is 259 g/mol. The van der Waals surface area contributed by atoms with Crippen LogP contribution in [0.3, 0.4) is 0 Å². The van der Waals surface area contributed by atoms with E-state index < -0.39 is 5.60 Å². The Morgan fingerprint density at radius 1 is 1.32 bits per heavy atom. The molecule has 0 unspecified atom stereocenters. The van der Waals surface area contributed by atoms with Gasteiger partial charge in [0.05, 0.1) is 11.3 Å². The molecule has 1 saturated carbocycles. The second-order valence-corrected chi connectivity index (χ2v) is 6.92. The first-order chi connectivity index (χ1) is 8.92. The van der Waals surface area contributed by atoms with E-state index in [1.165, 1.54) is 0 Å². The Bertz CT molecular complexity index is 508. The molecule has 1 spiro atoms. The van der Waals surface area contributed by atoms with Crippen LogP contribution in [0.2, 0.25) is 0 Å². The van der Waals surface area contributed by atoms with Gasteiger partial charge in [0.1, 0.15) is 0 Å². The van der Waals surface area contributed by atoms with Crippen LogP contribution in [0, 0.1) is 11.3 Å². The van der Waals surface area contributed by atoms with Gasteiger partial charge in [0.25, 0.3) is 0 Å². The van der Waals surface area contributed by atoms with Crippen LogP contribution in [0.25, 0.3) is 0 Å². The Balaban J connectivity index is 1.87. The summed E-state index contributed by atoms with van der Waals surface area (Å²) in [5, 5.41) is 0. The minimum atomic E-state index is -0.435. The zero-order chi connectivity index (χ0) is 13.7. The van der Waals surface area contributed by atoms with E-state index in [1.807, 2.05) is 6.07 Å². The summed E-state index contributed by atoms with van der Waals surface area (Å²) in [5.41, 5.74) is 1.43. The number of pyridine rings is 1. The average molecular weight is 259 g/mol. The first kappa shape index (κ1) is 12.6. The van der Waals surface area contributed by atoms with Crippen molar-refractivity contribution >= 4 is 5.97 Å². The fourth-order valence-corrected chi connectivity index (χ4v) is 3.50. The van der Waals surface area contributed by atoms with E-state index >= 15 is 0 Å². The van der Waals surface area contributed by atoms with Crippen LogP contribution in [0.1, 0.15) is 62.5 Å². The summed E-state index contributed by atoms with van der Waals surface area (Å²) in [6.45, 7) is 6.88. The lowest BCUT2D eigenvalue weighted by Crippen LogP contribution is -2.36. The number of carbonyl (C=O) groups is 1. The molecule has 3 nitrogen and oxygen atoms in total. The Hall–Kier alpha value is -1.38. The van der Waals surface area contributed by atoms with Crippen LogP contribution in [-0.2, 0) is 10.3 Å². The van der Waals surface area contributed by atoms with Gasteiger partial charge in [-0.15, -0.1) is 0 Å². The second kappa shape index (κ2) is 4.06. The van der Waals surface area contributed by atoms with Gasteiger partial charge < -0.3 is 4.74 Å². The molecule has 2 aliphatic rings. The number of ether oxygens (including phenoxy) is 1. The van der Waals surface area contributed by atoms with Gasteiger partial charge in [-0.25, -0.2) is 4.79 Å². The molecule has 1 aliphatic carbocycles. The van der Waals surface area contributed by atoms with Gasteiger partial charge in [-0.2, -0.15) is 0 Å². The smallest absolute Gasteiger partial charge is 0.341 e. The summed E-state index contributed by atoms with van der Waals surface area (Å²) in [7, 11) is 0. The number of fused-ring (bicyclic) bond motifs is 2.